The molecule has 22 heavy (non-hydrogen) atoms. The number of ether oxygens (including phenoxy) is 1. The SMILES string of the molecule is O=C(COC1CCCC1)Nc1ccc(N2CCCCC2)cn1. The van der Waals surface area contributed by atoms with Crippen molar-refractivity contribution >= 4 is 17.4 Å². The van der Waals surface area contributed by atoms with Crippen LogP contribution < -0.4 is 10.2 Å². The molecular weight excluding hydrogens is 278 g/mol. The lowest BCUT2D eigenvalue weighted by atomic mass is 10.1. The molecule has 0 radical (unpaired) electrons. The van der Waals surface area contributed by atoms with Crippen molar-refractivity contribution in [2.75, 3.05) is 29.9 Å². The molecule has 1 aliphatic heterocycles. The molecule has 0 aromatic carbocycles. The molecule has 0 spiro atoms. The average Bonchev–Trinajstić information content (AvgIpc) is 3.08. The van der Waals surface area contributed by atoms with Gasteiger partial charge < -0.3 is 15.0 Å². The summed E-state index contributed by atoms with van der Waals surface area (Å²) in [7, 11) is 0. The molecule has 1 aromatic heterocycles. The molecule has 1 saturated heterocycles. The van der Waals surface area contributed by atoms with E-state index in [9.17, 15) is 4.79 Å². The molecule has 1 N–H and O–H groups in total. The third-order valence-corrected chi connectivity index (χ3v) is 4.49. The zero-order valence-electron chi connectivity index (χ0n) is 13.1. The van der Waals surface area contributed by atoms with Crippen LogP contribution in [0, 0.1) is 0 Å². The maximum absolute atomic E-state index is 11.9. The summed E-state index contributed by atoms with van der Waals surface area (Å²) in [5, 5.41) is 2.80. The molecule has 1 aromatic rings. The van der Waals surface area contributed by atoms with Gasteiger partial charge in [0, 0.05) is 13.1 Å². The summed E-state index contributed by atoms with van der Waals surface area (Å²) < 4.78 is 5.61. The highest BCUT2D eigenvalue weighted by Crippen LogP contribution is 2.21. The van der Waals surface area contributed by atoms with Crippen LogP contribution in [0.15, 0.2) is 18.3 Å². The Balaban J connectivity index is 1.46. The maximum Gasteiger partial charge on any atom is 0.251 e. The predicted octanol–water partition coefficient (Wildman–Crippen LogP) is 2.97. The third-order valence-electron chi connectivity index (χ3n) is 4.49. The predicted molar refractivity (Wildman–Crippen MR) is 87.1 cm³/mol. The van der Waals surface area contributed by atoms with Gasteiger partial charge in [-0.15, -0.1) is 0 Å². The van der Waals surface area contributed by atoms with Gasteiger partial charge in [-0.05, 0) is 44.2 Å². The lowest BCUT2D eigenvalue weighted by Gasteiger charge is -2.28. The van der Waals surface area contributed by atoms with Crippen LogP contribution in [0.1, 0.15) is 44.9 Å². The van der Waals surface area contributed by atoms with Crippen LogP contribution in [-0.4, -0.2) is 36.7 Å². The Labute approximate surface area is 132 Å². The topological polar surface area (TPSA) is 54.5 Å². The molecule has 3 rings (SSSR count). The minimum absolute atomic E-state index is 0.120. The van der Waals surface area contributed by atoms with Crippen molar-refractivity contribution in [2.24, 2.45) is 0 Å². The number of piperidine rings is 1. The van der Waals surface area contributed by atoms with E-state index in [0.717, 1.165) is 31.6 Å². The zero-order valence-corrected chi connectivity index (χ0v) is 13.1. The molecule has 5 nitrogen and oxygen atoms in total. The van der Waals surface area contributed by atoms with Gasteiger partial charge in [0.1, 0.15) is 12.4 Å². The quantitative estimate of drug-likeness (QED) is 0.908. The highest BCUT2D eigenvalue weighted by Gasteiger charge is 2.17. The first-order valence-electron chi connectivity index (χ1n) is 8.44. The number of anilines is 2. The molecule has 2 heterocycles. The van der Waals surface area contributed by atoms with Crippen LogP contribution in [0.2, 0.25) is 0 Å². The van der Waals surface area contributed by atoms with Crippen molar-refractivity contribution in [3.63, 3.8) is 0 Å². The van der Waals surface area contributed by atoms with Gasteiger partial charge in [-0.2, -0.15) is 0 Å². The average molecular weight is 303 g/mol. The molecule has 1 amide bonds. The summed E-state index contributed by atoms with van der Waals surface area (Å²) >= 11 is 0. The molecule has 0 atom stereocenters. The van der Waals surface area contributed by atoms with Crippen LogP contribution in [0.4, 0.5) is 11.5 Å². The Morgan fingerprint density at radius 3 is 2.64 bits per heavy atom. The summed E-state index contributed by atoms with van der Waals surface area (Å²) in [6.45, 7) is 2.32. The standard InChI is InChI=1S/C17H25N3O2/c21-17(13-22-15-6-2-3-7-15)19-16-9-8-14(12-18-16)20-10-4-1-5-11-20/h8-9,12,15H,1-7,10-11,13H2,(H,18,19,21). The molecule has 2 aliphatic rings. The second kappa shape index (κ2) is 7.58. The zero-order chi connectivity index (χ0) is 15.2. The number of pyridine rings is 1. The lowest BCUT2D eigenvalue weighted by Crippen LogP contribution is -2.29. The fraction of sp³-hybridized carbons (Fsp3) is 0.647. The van der Waals surface area contributed by atoms with E-state index < -0.39 is 0 Å². The van der Waals surface area contributed by atoms with E-state index in [-0.39, 0.29) is 18.6 Å². The van der Waals surface area contributed by atoms with E-state index in [1.165, 1.54) is 32.1 Å². The first-order chi connectivity index (χ1) is 10.8. The lowest BCUT2D eigenvalue weighted by molar-refractivity contribution is -0.122. The van der Waals surface area contributed by atoms with Crippen molar-refractivity contribution < 1.29 is 9.53 Å². The maximum atomic E-state index is 11.9. The molecule has 2 fully saturated rings. The highest BCUT2D eigenvalue weighted by molar-refractivity contribution is 5.90. The summed E-state index contributed by atoms with van der Waals surface area (Å²) in [4.78, 5) is 18.6. The van der Waals surface area contributed by atoms with Gasteiger partial charge in [0.15, 0.2) is 0 Å². The molecular formula is C17H25N3O2. The van der Waals surface area contributed by atoms with Crippen molar-refractivity contribution in [3.05, 3.63) is 18.3 Å². The smallest absolute Gasteiger partial charge is 0.251 e. The Kier molecular flexibility index (Phi) is 5.27. The van der Waals surface area contributed by atoms with Gasteiger partial charge in [-0.1, -0.05) is 12.8 Å². The van der Waals surface area contributed by atoms with Gasteiger partial charge in [-0.3, -0.25) is 4.79 Å². The fourth-order valence-electron chi connectivity index (χ4n) is 3.23. The van der Waals surface area contributed by atoms with E-state index in [4.69, 9.17) is 4.74 Å². The molecule has 1 saturated carbocycles. The van der Waals surface area contributed by atoms with Crippen molar-refractivity contribution in [1.82, 2.24) is 4.98 Å². The molecule has 0 unspecified atom stereocenters. The third kappa shape index (κ3) is 4.19. The molecule has 120 valence electrons. The van der Waals surface area contributed by atoms with Gasteiger partial charge in [0.25, 0.3) is 5.91 Å². The summed E-state index contributed by atoms with van der Waals surface area (Å²) in [5.41, 5.74) is 1.14. The van der Waals surface area contributed by atoms with Crippen LogP contribution in [0.3, 0.4) is 0 Å². The Morgan fingerprint density at radius 1 is 1.18 bits per heavy atom. The minimum Gasteiger partial charge on any atom is -0.370 e. The Morgan fingerprint density at radius 2 is 1.95 bits per heavy atom. The summed E-state index contributed by atoms with van der Waals surface area (Å²) in [5.74, 6) is 0.478. The van der Waals surface area contributed by atoms with Gasteiger partial charge in [0.2, 0.25) is 0 Å². The number of rotatable bonds is 5. The van der Waals surface area contributed by atoms with Crippen molar-refractivity contribution in [2.45, 2.75) is 51.0 Å². The number of nitrogens with one attached hydrogen (secondary N) is 1. The number of nitrogens with zero attached hydrogens (tertiary/aromatic N) is 2. The van der Waals surface area contributed by atoms with Crippen molar-refractivity contribution in [1.29, 1.82) is 0 Å². The largest absolute Gasteiger partial charge is 0.370 e. The van der Waals surface area contributed by atoms with Crippen LogP contribution in [0.25, 0.3) is 0 Å². The Hall–Kier alpha value is -1.62. The number of hydrogen-bond acceptors (Lipinski definition) is 4. The van der Waals surface area contributed by atoms with Crippen LogP contribution in [-0.2, 0) is 9.53 Å². The van der Waals surface area contributed by atoms with E-state index in [0.29, 0.717) is 5.82 Å². The van der Waals surface area contributed by atoms with Crippen molar-refractivity contribution in [3.8, 4) is 0 Å². The number of hydrogen-bond donors (Lipinski definition) is 1. The Bertz CT molecular complexity index is 477. The van der Waals surface area contributed by atoms with Gasteiger partial charge in [-0.25, -0.2) is 4.98 Å². The number of carbonyl (C=O) groups is 1. The van der Waals surface area contributed by atoms with Gasteiger partial charge >= 0.3 is 0 Å². The van der Waals surface area contributed by atoms with Gasteiger partial charge in [0.05, 0.1) is 18.0 Å². The fourth-order valence-corrected chi connectivity index (χ4v) is 3.23. The minimum atomic E-state index is -0.120. The normalized spacial score (nSPS) is 19.4. The second-order valence-electron chi connectivity index (χ2n) is 6.21. The van der Waals surface area contributed by atoms with E-state index in [2.05, 4.69) is 15.2 Å². The first kappa shape index (κ1) is 15.3. The summed E-state index contributed by atoms with van der Waals surface area (Å²) in [6.07, 6.45) is 10.5. The summed E-state index contributed by atoms with van der Waals surface area (Å²) in [6, 6.07) is 3.91. The second-order valence-corrected chi connectivity index (χ2v) is 6.21. The highest BCUT2D eigenvalue weighted by atomic mass is 16.5. The van der Waals surface area contributed by atoms with E-state index in [1.807, 2.05) is 18.3 Å². The van der Waals surface area contributed by atoms with Crippen LogP contribution >= 0.6 is 0 Å². The first-order valence-corrected chi connectivity index (χ1v) is 8.44. The van der Waals surface area contributed by atoms with E-state index in [1.54, 1.807) is 0 Å². The monoisotopic (exact) mass is 303 g/mol. The molecule has 5 heteroatoms. The number of carbonyl (C=O) groups excluding carboxylic acids is 1. The molecule has 1 aliphatic carbocycles. The molecule has 0 bridgehead atoms. The van der Waals surface area contributed by atoms with E-state index >= 15 is 0 Å². The number of amides is 1. The number of aromatic nitrogens is 1. The van der Waals surface area contributed by atoms with Crippen LogP contribution in [0.5, 0.6) is 0 Å².